The maximum Gasteiger partial charge on any atom is 0.323 e. The van der Waals surface area contributed by atoms with Crippen LogP contribution in [-0.2, 0) is 22.5 Å². The van der Waals surface area contributed by atoms with Crippen molar-refractivity contribution in [3.8, 4) is 0 Å². The van der Waals surface area contributed by atoms with Gasteiger partial charge in [-0.1, -0.05) is 49.3 Å². The Morgan fingerprint density at radius 1 is 1.29 bits per heavy atom. The highest BCUT2D eigenvalue weighted by atomic mass is 16.5. The van der Waals surface area contributed by atoms with Gasteiger partial charge in [0.2, 0.25) is 5.89 Å². The van der Waals surface area contributed by atoms with E-state index in [9.17, 15) is 4.79 Å². The molecule has 6 nitrogen and oxygen atoms in total. The third-order valence-electron chi connectivity index (χ3n) is 3.75. The predicted octanol–water partition coefficient (Wildman–Crippen LogP) is 2.80. The van der Waals surface area contributed by atoms with Gasteiger partial charge in [0.15, 0.2) is 5.82 Å². The van der Waals surface area contributed by atoms with Gasteiger partial charge in [-0.25, -0.2) is 0 Å². The van der Waals surface area contributed by atoms with Crippen LogP contribution in [0.1, 0.15) is 44.0 Å². The first-order valence-electron chi connectivity index (χ1n) is 8.24. The highest BCUT2D eigenvalue weighted by Crippen LogP contribution is 2.14. The van der Waals surface area contributed by atoms with Crippen molar-refractivity contribution in [3.63, 3.8) is 0 Å². The summed E-state index contributed by atoms with van der Waals surface area (Å²) in [6.45, 7) is 6.58. The Bertz CT molecular complexity index is 640. The molecule has 0 saturated carbocycles. The van der Waals surface area contributed by atoms with Crippen LogP contribution in [-0.4, -0.2) is 40.7 Å². The normalized spacial score (nSPS) is 12.6. The Balaban J connectivity index is 2.10. The van der Waals surface area contributed by atoms with E-state index in [4.69, 9.17) is 9.26 Å². The van der Waals surface area contributed by atoms with Crippen LogP contribution in [0.5, 0.6) is 0 Å². The standard InChI is InChI=1S/C18H25N3O3/c1-5-23-18(22)15(11-14-9-7-6-8-10-14)21(4)12-16-19-17(13(2)3)20-24-16/h6-10,13,15H,5,11-12H2,1-4H3. The second-order valence-corrected chi connectivity index (χ2v) is 6.07. The van der Waals surface area contributed by atoms with Crippen LogP contribution in [0, 0.1) is 0 Å². The topological polar surface area (TPSA) is 68.5 Å². The Hall–Kier alpha value is -2.21. The summed E-state index contributed by atoms with van der Waals surface area (Å²) in [7, 11) is 1.86. The molecule has 1 unspecified atom stereocenters. The molecule has 0 aliphatic carbocycles. The average molecular weight is 331 g/mol. The zero-order valence-corrected chi connectivity index (χ0v) is 14.7. The lowest BCUT2D eigenvalue weighted by Crippen LogP contribution is -2.41. The van der Waals surface area contributed by atoms with Crippen LogP contribution in [0.4, 0.5) is 0 Å². The molecule has 0 bridgehead atoms. The number of benzene rings is 1. The first-order valence-corrected chi connectivity index (χ1v) is 8.24. The number of likely N-dealkylation sites (N-methyl/N-ethyl adjacent to an activating group) is 1. The van der Waals surface area contributed by atoms with Crippen molar-refractivity contribution < 1.29 is 14.1 Å². The fourth-order valence-electron chi connectivity index (χ4n) is 2.39. The van der Waals surface area contributed by atoms with Crippen LogP contribution >= 0.6 is 0 Å². The molecule has 1 aromatic carbocycles. The van der Waals surface area contributed by atoms with E-state index >= 15 is 0 Å². The van der Waals surface area contributed by atoms with E-state index in [0.717, 1.165) is 5.56 Å². The molecule has 0 radical (unpaired) electrons. The van der Waals surface area contributed by atoms with E-state index in [2.05, 4.69) is 10.1 Å². The van der Waals surface area contributed by atoms with E-state index in [1.54, 1.807) is 0 Å². The highest BCUT2D eigenvalue weighted by molar-refractivity contribution is 5.76. The van der Waals surface area contributed by atoms with Gasteiger partial charge in [0.05, 0.1) is 13.2 Å². The molecule has 24 heavy (non-hydrogen) atoms. The molecule has 0 fully saturated rings. The molecular weight excluding hydrogens is 306 g/mol. The molecule has 0 amide bonds. The van der Waals surface area contributed by atoms with Crippen molar-refractivity contribution in [3.05, 3.63) is 47.6 Å². The summed E-state index contributed by atoms with van der Waals surface area (Å²) >= 11 is 0. The predicted molar refractivity (Wildman–Crippen MR) is 90.4 cm³/mol. The van der Waals surface area contributed by atoms with E-state index in [1.807, 2.05) is 63.1 Å². The third-order valence-corrected chi connectivity index (χ3v) is 3.75. The first-order chi connectivity index (χ1) is 11.5. The molecule has 130 valence electrons. The van der Waals surface area contributed by atoms with Gasteiger partial charge in [-0.05, 0) is 26.0 Å². The summed E-state index contributed by atoms with van der Waals surface area (Å²) in [6, 6.07) is 9.49. The number of hydrogen-bond donors (Lipinski definition) is 0. The summed E-state index contributed by atoms with van der Waals surface area (Å²) in [4.78, 5) is 18.6. The summed E-state index contributed by atoms with van der Waals surface area (Å²) in [6.07, 6.45) is 0.571. The number of ether oxygens (including phenoxy) is 1. The first kappa shape index (κ1) is 18.1. The molecule has 0 saturated heterocycles. The number of hydrogen-bond acceptors (Lipinski definition) is 6. The Kier molecular flexibility index (Phi) is 6.49. The molecule has 1 atom stereocenters. The number of esters is 1. The van der Waals surface area contributed by atoms with Crippen molar-refractivity contribution in [1.29, 1.82) is 0 Å². The second-order valence-electron chi connectivity index (χ2n) is 6.07. The van der Waals surface area contributed by atoms with E-state index < -0.39 is 6.04 Å². The van der Waals surface area contributed by atoms with Crippen LogP contribution in [0.15, 0.2) is 34.9 Å². The van der Waals surface area contributed by atoms with Crippen LogP contribution < -0.4 is 0 Å². The minimum Gasteiger partial charge on any atom is -0.465 e. The van der Waals surface area contributed by atoms with Crippen molar-refractivity contribution in [2.75, 3.05) is 13.7 Å². The maximum absolute atomic E-state index is 12.4. The quantitative estimate of drug-likeness (QED) is 0.693. The van der Waals surface area contributed by atoms with Crippen molar-refractivity contribution in [2.24, 2.45) is 0 Å². The molecular formula is C18H25N3O3. The van der Waals surface area contributed by atoms with Crippen LogP contribution in [0.25, 0.3) is 0 Å². The lowest BCUT2D eigenvalue weighted by Gasteiger charge is -2.25. The maximum atomic E-state index is 12.4. The molecule has 6 heteroatoms. The van der Waals surface area contributed by atoms with Crippen LogP contribution in [0.3, 0.4) is 0 Å². The second kappa shape index (κ2) is 8.59. The van der Waals surface area contributed by atoms with E-state index in [0.29, 0.717) is 31.3 Å². The van der Waals surface area contributed by atoms with Crippen molar-refractivity contribution in [2.45, 2.75) is 45.7 Å². The van der Waals surface area contributed by atoms with E-state index in [-0.39, 0.29) is 11.9 Å². The summed E-state index contributed by atoms with van der Waals surface area (Å²) in [5, 5.41) is 3.96. The molecule has 1 aromatic heterocycles. The highest BCUT2D eigenvalue weighted by Gasteiger charge is 2.26. The summed E-state index contributed by atoms with van der Waals surface area (Å²) < 4.78 is 10.5. The number of nitrogens with zero attached hydrogens (tertiary/aromatic N) is 3. The van der Waals surface area contributed by atoms with Gasteiger partial charge >= 0.3 is 5.97 Å². The fraction of sp³-hybridized carbons (Fsp3) is 0.500. The van der Waals surface area contributed by atoms with Gasteiger partial charge in [0.25, 0.3) is 0 Å². The number of carbonyl (C=O) groups excluding carboxylic acids is 1. The Morgan fingerprint density at radius 2 is 2.00 bits per heavy atom. The number of aromatic nitrogens is 2. The van der Waals surface area contributed by atoms with Crippen molar-refractivity contribution in [1.82, 2.24) is 15.0 Å². The number of rotatable bonds is 8. The van der Waals surface area contributed by atoms with Gasteiger partial charge in [-0.15, -0.1) is 0 Å². The zero-order chi connectivity index (χ0) is 17.5. The molecule has 0 N–H and O–H groups in total. The van der Waals surface area contributed by atoms with Crippen molar-refractivity contribution >= 4 is 5.97 Å². The summed E-state index contributed by atoms with van der Waals surface area (Å²) in [5.41, 5.74) is 1.08. The molecule has 1 heterocycles. The van der Waals surface area contributed by atoms with Crippen LogP contribution in [0.2, 0.25) is 0 Å². The molecule has 2 rings (SSSR count). The molecule has 0 aliphatic rings. The zero-order valence-electron chi connectivity index (χ0n) is 14.7. The van der Waals surface area contributed by atoms with Gasteiger partial charge < -0.3 is 9.26 Å². The lowest BCUT2D eigenvalue weighted by atomic mass is 10.0. The van der Waals surface area contributed by atoms with Gasteiger partial charge in [-0.3, -0.25) is 9.69 Å². The largest absolute Gasteiger partial charge is 0.465 e. The smallest absolute Gasteiger partial charge is 0.323 e. The minimum absolute atomic E-state index is 0.206. The van der Waals surface area contributed by atoms with Gasteiger partial charge in [-0.2, -0.15) is 4.98 Å². The monoisotopic (exact) mass is 331 g/mol. The Morgan fingerprint density at radius 3 is 2.58 bits per heavy atom. The van der Waals surface area contributed by atoms with Gasteiger partial charge in [0, 0.05) is 5.92 Å². The SMILES string of the molecule is CCOC(=O)C(Cc1ccccc1)N(C)Cc1nc(C(C)C)no1. The fourth-order valence-corrected chi connectivity index (χ4v) is 2.39. The summed E-state index contributed by atoms with van der Waals surface area (Å²) in [5.74, 6) is 1.14. The average Bonchev–Trinajstić information content (AvgIpc) is 3.02. The lowest BCUT2D eigenvalue weighted by molar-refractivity contribution is -0.149. The third kappa shape index (κ3) is 4.89. The molecule has 2 aromatic rings. The molecule has 0 spiro atoms. The minimum atomic E-state index is -0.401. The Labute approximate surface area is 142 Å². The van der Waals surface area contributed by atoms with E-state index in [1.165, 1.54) is 0 Å². The number of carbonyl (C=O) groups is 1. The van der Waals surface area contributed by atoms with Gasteiger partial charge in [0.1, 0.15) is 6.04 Å². The molecule has 0 aliphatic heterocycles.